The molecule has 1 heteroatoms. The van der Waals surface area contributed by atoms with Crippen LogP contribution in [0.3, 0.4) is 0 Å². The molecule has 136 valence electrons. The highest BCUT2D eigenvalue weighted by atomic mass is 16.3. The number of phenolic OH excluding ortho intramolecular Hbond substituents is 1. The van der Waals surface area contributed by atoms with E-state index in [0.29, 0.717) is 5.75 Å². The second kappa shape index (κ2) is 15.3. The van der Waals surface area contributed by atoms with E-state index in [1.807, 2.05) is 12.1 Å². The van der Waals surface area contributed by atoms with Gasteiger partial charge in [0.2, 0.25) is 0 Å². The van der Waals surface area contributed by atoms with Crippen molar-refractivity contribution in [3.05, 3.63) is 42.0 Å². The lowest BCUT2D eigenvalue weighted by atomic mass is 10.0. The summed E-state index contributed by atoms with van der Waals surface area (Å²) in [5.74, 6) is 0.393. The fourth-order valence-electron chi connectivity index (χ4n) is 3.10. The third kappa shape index (κ3) is 12.2. The zero-order valence-corrected chi connectivity index (χ0v) is 15.8. The Kier molecular flexibility index (Phi) is 13.3. The number of aromatic hydroxyl groups is 1. The quantitative estimate of drug-likeness (QED) is 0.259. The Balaban J connectivity index is 1.80. The summed E-state index contributed by atoms with van der Waals surface area (Å²) in [7, 11) is 0. The van der Waals surface area contributed by atoms with Crippen molar-refractivity contribution < 1.29 is 5.11 Å². The third-order valence-corrected chi connectivity index (χ3v) is 4.64. The van der Waals surface area contributed by atoms with Crippen LogP contribution in [0, 0.1) is 0 Å². The molecule has 1 aromatic carbocycles. The van der Waals surface area contributed by atoms with Crippen LogP contribution < -0.4 is 0 Å². The van der Waals surface area contributed by atoms with Crippen molar-refractivity contribution in [2.45, 2.75) is 96.8 Å². The lowest BCUT2D eigenvalue weighted by Crippen LogP contribution is -1.86. The van der Waals surface area contributed by atoms with Gasteiger partial charge in [-0.2, -0.15) is 0 Å². The van der Waals surface area contributed by atoms with Crippen LogP contribution in [0.5, 0.6) is 5.75 Å². The van der Waals surface area contributed by atoms with E-state index in [0.717, 1.165) is 6.42 Å². The number of benzene rings is 1. The van der Waals surface area contributed by atoms with Crippen molar-refractivity contribution in [2.75, 3.05) is 0 Å². The van der Waals surface area contributed by atoms with Crippen LogP contribution in [0.2, 0.25) is 0 Å². The molecule has 0 aromatic heterocycles. The van der Waals surface area contributed by atoms with Crippen molar-refractivity contribution >= 4 is 0 Å². The van der Waals surface area contributed by atoms with Crippen molar-refractivity contribution in [3.63, 3.8) is 0 Å². The number of rotatable bonds is 15. The molecule has 0 amide bonds. The standard InChI is InChI=1S/C23H38O/c1-2-3-4-5-6-7-8-9-10-11-12-13-14-15-16-18-22-19-17-20-23(24)21-22/h5-6,17,19-21,24H,2-4,7-16,18H2,1H3. The van der Waals surface area contributed by atoms with Crippen molar-refractivity contribution in [1.29, 1.82) is 0 Å². The molecule has 0 spiro atoms. The largest absolute Gasteiger partial charge is 0.508 e. The normalized spacial score (nSPS) is 11.4. The number of phenols is 1. The van der Waals surface area contributed by atoms with E-state index in [1.165, 1.54) is 89.0 Å². The van der Waals surface area contributed by atoms with E-state index >= 15 is 0 Å². The maximum absolute atomic E-state index is 9.43. The van der Waals surface area contributed by atoms with Gasteiger partial charge >= 0.3 is 0 Å². The van der Waals surface area contributed by atoms with E-state index in [9.17, 15) is 5.11 Å². The Labute approximate surface area is 150 Å². The van der Waals surface area contributed by atoms with Gasteiger partial charge in [0.25, 0.3) is 0 Å². The van der Waals surface area contributed by atoms with Crippen molar-refractivity contribution in [3.8, 4) is 5.75 Å². The van der Waals surface area contributed by atoms with Gasteiger partial charge in [0.05, 0.1) is 0 Å². The highest BCUT2D eigenvalue weighted by Crippen LogP contribution is 2.15. The topological polar surface area (TPSA) is 20.2 Å². The van der Waals surface area contributed by atoms with Gasteiger partial charge < -0.3 is 5.11 Å². The summed E-state index contributed by atoms with van der Waals surface area (Å²) >= 11 is 0. The Morgan fingerprint density at radius 2 is 1.33 bits per heavy atom. The fourth-order valence-corrected chi connectivity index (χ4v) is 3.10. The Hall–Kier alpha value is -1.24. The summed E-state index contributed by atoms with van der Waals surface area (Å²) < 4.78 is 0. The first-order valence-electron chi connectivity index (χ1n) is 10.3. The van der Waals surface area contributed by atoms with Crippen LogP contribution in [-0.4, -0.2) is 5.11 Å². The fraction of sp³-hybridized carbons (Fsp3) is 0.652. The van der Waals surface area contributed by atoms with Gasteiger partial charge in [-0.3, -0.25) is 0 Å². The van der Waals surface area contributed by atoms with Crippen LogP contribution in [-0.2, 0) is 6.42 Å². The van der Waals surface area contributed by atoms with Gasteiger partial charge in [-0.25, -0.2) is 0 Å². The summed E-state index contributed by atoms with van der Waals surface area (Å²) in [5.41, 5.74) is 1.26. The molecule has 1 aromatic rings. The van der Waals surface area contributed by atoms with E-state index in [2.05, 4.69) is 25.1 Å². The Morgan fingerprint density at radius 3 is 1.96 bits per heavy atom. The van der Waals surface area contributed by atoms with Crippen molar-refractivity contribution in [2.24, 2.45) is 0 Å². The van der Waals surface area contributed by atoms with E-state index in [1.54, 1.807) is 6.07 Å². The summed E-state index contributed by atoms with van der Waals surface area (Å²) in [6, 6.07) is 7.68. The van der Waals surface area contributed by atoms with E-state index in [-0.39, 0.29) is 0 Å². The molecule has 1 N–H and O–H groups in total. The Morgan fingerprint density at radius 1 is 0.750 bits per heavy atom. The van der Waals surface area contributed by atoms with E-state index < -0.39 is 0 Å². The zero-order chi connectivity index (χ0) is 17.3. The predicted molar refractivity (Wildman–Crippen MR) is 107 cm³/mol. The minimum absolute atomic E-state index is 0.393. The van der Waals surface area contributed by atoms with Gasteiger partial charge in [-0.1, -0.05) is 89.0 Å². The SMILES string of the molecule is CCCCC=CCCCCCCCCCCCc1cccc(O)c1. The molecule has 0 bridgehead atoms. The first kappa shape index (κ1) is 20.8. The molecule has 0 radical (unpaired) electrons. The smallest absolute Gasteiger partial charge is 0.115 e. The van der Waals surface area contributed by atoms with Gasteiger partial charge in [0.15, 0.2) is 0 Å². The molecule has 0 aliphatic heterocycles. The van der Waals surface area contributed by atoms with Crippen LogP contribution in [0.1, 0.15) is 96.0 Å². The maximum atomic E-state index is 9.43. The average molecular weight is 331 g/mol. The summed E-state index contributed by atoms with van der Waals surface area (Å²) in [4.78, 5) is 0. The molecular formula is C23H38O. The minimum Gasteiger partial charge on any atom is -0.508 e. The number of hydrogen-bond donors (Lipinski definition) is 1. The van der Waals surface area contributed by atoms with Gasteiger partial charge in [0, 0.05) is 0 Å². The number of allylic oxidation sites excluding steroid dienone is 2. The number of unbranched alkanes of at least 4 members (excludes halogenated alkanes) is 11. The highest BCUT2D eigenvalue weighted by Gasteiger charge is 1.96. The minimum atomic E-state index is 0.393. The van der Waals surface area contributed by atoms with Gasteiger partial charge in [-0.05, 0) is 49.8 Å². The average Bonchev–Trinajstić information content (AvgIpc) is 2.58. The second-order valence-corrected chi connectivity index (χ2v) is 7.00. The molecule has 0 atom stereocenters. The summed E-state index contributed by atoms with van der Waals surface area (Å²) in [6.45, 7) is 2.25. The highest BCUT2D eigenvalue weighted by molar-refractivity contribution is 5.27. The van der Waals surface area contributed by atoms with Gasteiger partial charge in [0.1, 0.15) is 5.75 Å². The molecular weight excluding hydrogens is 292 g/mol. The summed E-state index contributed by atoms with van der Waals surface area (Å²) in [5, 5.41) is 9.43. The zero-order valence-electron chi connectivity index (χ0n) is 15.8. The molecule has 1 rings (SSSR count). The molecule has 0 fully saturated rings. The predicted octanol–water partition coefficient (Wildman–Crippen LogP) is 7.58. The van der Waals surface area contributed by atoms with Crippen LogP contribution in [0.15, 0.2) is 36.4 Å². The van der Waals surface area contributed by atoms with E-state index in [4.69, 9.17) is 0 Å². The Bertz CT molecular complexity index is 422. The molecule has 0 saturated carbocycles. The lowest BCUT2D eigenvalue weighted by molar-refractivity contribution is 0.474. The molecule has 1 nitrogen and oxygen atoms in total. The molecule has 0 saturated heterocycles. The second-order valence-electron chi connectivity index (χ2n) is 7.00. The molecule has 0 aliphatic carbocycles. The van der Waals surface area contributed by atoms with Crippen molar-refractivity contribution in [1.82, 2.24) is 0 Å². The third-order valence-electron chi connectivity index (χ3n) is 4.64. The first-order chi connectivity index (χ1) is 11.8. The lowest BCUT2D eigenvalue weighted by Gasteiger charge is -2.03. The first-order valence-corrected chi connectivity index (χ1v) is 10.3. The van der Waals surface area contributed by atoms with Crippen LogP contribution >= 0.6 is 0 Å². The van der Waals surface area contributed by atoms with Crippen LogP contribution in [0.25, 0.3) is 0 Å². The molecule has 0 unspecified atom stereocenters. The molecule has 24 heavy (non-hydrogen) atoms. The number of aryl methyl sites for hydroxylation is 1. The van der Waals surface area contributed by atoms with Gasteiger partial charge in [-0.15, -0.1) is 0 Å². The monoisotopic (exact) mass is 330 g/mol. The van der Waals surface area contributed by atoms with Crippen LogP contribution in [0.4, 0.5) is 0 Å². The maximum Gasteiger partial charge on any atom is 0.115 e. The summed E-state index contributed by atoms with van der Waals surface area (Å²) in [6.07, 6.45) is 23.3. The molecule has 0 aliphatic rings. The number of hydrogen-bond acceptors (Lipinski definition) is 1. The molecule has 0 heterocycles.